The molecule has 116 valence electrons. The summed E-state index contributed by atoms with van der Waals surface area (Å²) in [5.41, 5.74) is 0.0456. The fourth-order valence-corrected chi connectivity index (χ4v) is 1.72. The van der Waals surface area contributed by atoms with Crippen LogP contribution in [0.15, 0.2) is 18.2 Å². The Labute approximate surface area is 130 Å². The Balaban J connectivity index is 2.51. The number of ether oxygens (including phenoxy) is 1. The van der Waals surface area contributed by atoms with E-state index in [0.29, 0.717) is 16.5 Å². The maximum atomic E-state index is 11.9. The second-order valence-corrected chi connectivity index (χ2v) is 6.09. The van der Waals surface area contributed by atoms with E-state index in [1.165, 1.54) is 7.11 Å². The molecule has 0 aromatic heterocycles. The van der Waals surface area contributed by atoms with Crippen molar-refractivity contribution < 1.29 is 14.3 Å². The third-order valence-corrected chi connectivity index (χ3v) is 2.99. The number of carbonyl (C=O) groups excluding carboxylic acids is 2. The molecule has 0 fully saturated rings. The van der Waals surface area contributed by atoms with Gasteiger partial charge in [-0.3, -0.25) is 9.59 Å². The molecule has 1 aromatic carbocycles. The average molecular weight is 313 g/mol. The van der Waals surface area contributed by atoms with Gasteiger partial charge in [-0.1, -0.05) is 32.4 Å². The van der Waals surface area contributed by atoms with Gasteiger partial charge in [0.25, 0.3) is 0 Å². The minimum absolute atomic E-state index is 0.0874. The second kappa shape index (κ2) is 7.31. The van der Waals surface area contributed by atoms with E-state index in [0.717, 1.165) is 0 Å². The van der Waals surface area contributed by atoms with Crippen LogP contribution in [0, 0.1) is 5.41 Å². The molecule has 2 N–H and O–H groups in total. The topological polar surface area (TPSA) is 67.4 Å². The van der Waals surface area contributed by atoms with Gasteiger partial charge in [0.1, 0.15) is 5.75 Å². The molecule has 0 bridgehead atoms. The lowest BCUT2D eigenvalue weighted by atomic mass is 9.96. The first-order chi connectivity index (χ1) is 9.74. The van der Waals surface area contributed by atoms with Gasteiger partial charge < -0.3 is 15.4 Å². The molecule has 0 atom stereocenters. The van der Waals surface area contributed by atoms with Crippen molar-refractivity contribution in [3.8, 4) is 5.75 Å². The van der Waals surface area contributed by atoms with Gasteiger partial charge in [-0.15, -0.1) is 0 Å². The van der Waals surface area contributed by atoms with E-state index >= 15 is 0 Å². The first-order valence-electron chi connectivity index (χ1n) is 6.65. The van der Waals surface area contributed by atoms with Gasteiger partial charge in [0.05, 0.1) is 12.8 Å². The highest BCUT2D eigenvalue weighted by Gasteiger charge is 2.20. The third-order valence-electron chi connectivity index (χ3n) is 2.75. The fourth-order valence-electron chi connectivity index (χ4n) is 1.55. The SMILES string of the molecule is COc1ccc(Cl)cc1NC(=O)CCNC(=O)C(C)(C)C. The Bertz CT molecular complexity index is 524. The standard InChI is InChI=1S/C15H21ClN2O3/c1-15(2,3)14(20)17-8-7-13(19)18-11-9-10(16)5-6-12(11)21-4/h5-6,9H,7-8H2,1-4H3,(H,17,20)(H,18,19). The number of carbonyl (C=O) groups is 2. The lowest BCUT2D eigenvalue weighted by molar-refractivity contribution is -0.128. The maximum absolute atomic E-state index is 11.9. The van der Waals surface area contributed by atoms with Crippen molar-refractivity contribution in [2.45, 2.75) is 27.2 Å². The number of hydrogen-bond donors (Lipinski definition) is 2. The van der Waals surface area contributed by atoms with Crippen molar-refractivity contribution in [3.63, 3.8) is 0 Å². The number of halogens is 1. The molecule has 6 heteroatoms. The van der Waals surface area contributed by atoms with E-state index < -0.39 is 5.41 Å². The zero-order valence-corrected chi connectivity index (χ0v) is 13.5. The molecule has 0 unspecified atom stereocenters. The highest BCUT2D eigenvalue weighted by Crippen LogP contribution is 2.27. The first-order valence-corrected chi connectivity index (χ1v) is 7.03. The number of hydrogen-bond acceptors (Lipinski definition) is 3. The van der Waals surface area contributed by atoms with Crippen LogP contribution in [0.25, 0.3) is 0 Å². The molecule has 0 saturated heterocycles. The molecule has 2 amide bonds. The summed E-state index contributed by atoms with van der Waals surface area (Å²) in [7, 11) is 1.52. The summed E-state index contributed by atoms with van der Waals surface area (Å²) in [5.74, 6) is 0.229. The van der Waals surface area contributed by atoms with Gasteiger partial charge in [-0.25, -0.2) is 0 Å². The van der Waals surface area contributed by atoms with Crippen LogP contribution in [-0.4, -0.2) is 25.5 Å². The third kappa shape index (κ3) is 5.63. The Morgan fingerprint density at radius 2 is 1.95 bits per heavy atom. The Morgan fingerprint density at radius 1 is 1.29 bits per heavy atom. The van der Waals surface area contributed by atoms with Crippen LogP contribution < -0.4 is 15.4 Å². The van der Waals surface area contributed by atoms with Crippen molar-refractivity contribution in [3.05, 3.63) is 23.2 Å². The van der Waals surface area contributed by atoms with Crippen molar-refractivity contribution in [2.75, 3.05) is 19.0 Å². The zero-order valence-electron chi connectivity index (χ0n) is 12.7. The molecular weight excluding hydrogens is 292 g/mol. The predicted octanol–water partition coefficient (Wildman–Crippen LogP) is 2.84. The molecule has 0 aliphatic carbocycles. The fraction of sp³-hybridized carbons (Fsp3) is 0.467. The van der Waals surface area contributed by atoms with Crippen LogP contribution in [0.1, 0.15) is 27.2 Å². The lowest BCUT2D eigenvalue weighted by Crippen LogP contribution is -2.36. The van der Waals surface area contributed by atoms with Gasteiger partial charge in [0, 0.05) is 23.4 Å². The molecule has 0 heterocycles. The number of methoxy groups -OCH3 is 1. The molecule has 1 rings (SSSR count). The number of rotatable bonds is 5. The summed E-state index contributed by atoms with van der Waals surface area (Å²) < 4.78 is 5.15. The van der Waals surface area contributed by atoms with Crippen LogP contribution in [0.4, 0.5) is 5.69 Å². The van der Waals surface area contributed by atoms with Crippen LogP contribution >= 0.6 is 11.6 Å². The molecule has 0 spiro atoms. The summed E-state index contributed by atoms with van der Waals surface area (Å²) in [6.45, 7) is 5.74. The van der Waals surface area contributed by atoms with Gasteiger partial charge in [-0.2, -0.15) is 0 Å². The molecule has 0 saturated carbocycles. The van der Waals surface area contributed by atoms with Gasteiger partial charge in [-0.05, 0) is 18.2 Å². The number of anilines is 1. The van der Waals surface area contributed by atoms with Crippen molar-refractivity contribution in [1.82, 2.24) is 5.32 Å². The highest BCUT2D eigenvalue weighted by atomic mass is 35.5. The van der Waals surface area contributed by atoms with Gasteiger partial charge >= 0.3 is 0 Å². The Morgan fingerprint density at radius 3 is 2.52 bits per heavy atom. The van der Waals surface area contributed by atoms with Crippen LogP contribution in [-0.2, 0) is 9.59 Å². The molecule has 0 aliphatic heterocycles. The summed E-state index contributed by atoms with van der Waals surface area (Å²) >= 11 is 5.89. The van der Waals surface area contributed by atoms with E-state index in [2.05, 4.69) is 10.6 Å². The summed E-state index contributed by atoms with van der Waals surface area (Å²) in [6, 6.07) is 4.98. The van der Waals surface area contributed by atoms with E-state index in [1.807, 2.05) is 20.8 Å². The second-order valence-electron chi connectivity index (χ2n) is 5.65. The molecule has 0 radical (unpaired) electrons. The summed E-state index contributed by atoms with van der Waals surface area (Å²) in [6.07, 6.45) is 0.178. The summed E-state index contributed by atoms with van der Waals surface area (Å²) in [4.78, 5) is 23.5. The van der Waals surface area contributed by atoms with Crippen LogP contribution in [0.2, 0.25) is 5.02 Å². The van der Waals surface area contributed by atoms with E-state index in [4.69, 9.17) is 16.3 Å². The molecule has 5 nitrogen and oxygen atoms in total. The molecule has 21 heavy (non-hydrogen) atoms. The lowest BCUT2D eigenvalue weighted by Gasteiger charge is -2.17. The highest BCUT2D eigenvalue weighted by molar-refractivity contribution is 6.31. The quantitative estimate of drug-likeness (QED) is 0.878. The monoisotopic (exact) mass is 312 g/mol. The normalized spacial score (nSPS) is 10.9. The van der Waals surface area contributed by atoms with E-state index in [1.54, 1.807) is 18.2 Å². The van der Waals surface area contributed by atoms with Gasteiger partial charge in [0.15, 0.2) is 0 Å². The Kier molecular flexibility index (Phi) is 6.03. The van der Waals surface area contributed by atoms with Crippen LogP contribution in [0.5, 0.6) is 5.75 Å². The smallest absolute Gasteiger partial charge is 0.226 e. The van der Waals surface area contributed by atoms with Crippen LogP contribution in [0.3, 0.4) is 0 Å². The molecule has 0 aliphatic rings. The molecular formula is C15H21ClN2O3. The van der Waals surface area contributed by atoms with E-state index in [-0.39, 0.29) is 24.8 Å². The zero-order chi connectivity index (χ0) is 16.0. The van der Waals surface area contributed by atoms with Crippen molar-refractivity contribution in [1.29, 1.82) is 0 Å². The summed E-state index contributed by atoms with van der Waals surface area (Å²) in [5, 5.41) is 5.94. The predicted molar refractivity (Wildman–Crippen MR) is 83.7 cm³/mol. The number of nitrogens with one attached hydrogen (secondary N) is 2. The van der Waals surface area contributed by atoms with Gasteiger partial charge in [0.2, 0.25) is 11.8 Å². The minimum atomic E-state index is -0.466. The minimum Gasteiger partial charge on any atom is -0.495 e. The average Bonchev–Trinajstić information content (AvgIpc) is 2.37. The van der Waals surface area contributed by atoms with Crippen molar-refractivity contribution in [2.24, 2.45) is 5.41 Å². The number of amides is 2. The molecule has 1 aromatic rings. The van der Waals surface area contributed by atoms with E-state index in [9.17, 15) is 9.59 Å². The maximum Gasteiger partial charge on any atom is 0.226 e. The Hall–Kier alpha value is -1.75. The van der Waals surface area contributed by atoms with Crippen molar-refractivity contribution >= 4 is 29.1 Å². The largest absolute Gasteiger partial charge is 0.495 e. The number of benzene rings is 1. The first kappa shape index (κ1) is 17.3.